The largest absolute Gasteiger partial charge is 0.310 e. The lowest BCUT2D eigenvalue weighted by Gasteiger charge is -2.25. The van der Waals surface area contributed by atoms with Gasteiger partial charge in [-0.1, -0.05) is 6.92 Å². The molecule has 0 bridgehead atoms. The predicted molar refractivity (Wildman–Crippen MR) is 69.9 cm³/mol. The van der Waals surface area contributed by atoms with Crippen LogP contribution in [0.5, 0.6) is 0 Å². The maximum Gasteiger partial charge on any atom is 0.154 e. The van der Waals surface area contributed by atoms with Gasteiger partial charge in [-0.15, -0.1) is 0 Å². The van der Waals surface area contributed by atoms with Crippen molar-refractivity contribution in [3.05, 3.63) is 23.3 Å². The van der Waals surface area contributed by atoms with E-state index in [9.17, 15) is 8.42 Å². The van der Waals surface area contributed by atoms with Crippen LogP contribution in [0.1, 0.15) is 42.9 Å². The molecule has 0 saturated heterocycles. The second kappa shape index (κ2) is 5.32. The van der Waals surface area contributed by atoms with Crippen molar-refractivity contribution in [1.29, 1.82) is 0 Å². The van der Waals surface area contributed by atoms with Crippen LogP contribution in [0.4, 0.5) is 0 Å². The second-order valence-corrected chi connectivity index (χ2v) is 6.90. The van der Waals surface area contributed by atoms with Crippen LogP contribution in [0, 0.1) is 0 Å². The van der Waals surface area contributed by atoms with Gasteiger partial charge >= 0.3 is 0 Å². The minimum atomic E-state index is -3.07. The lowest BCUT2D eigenvalue weighted by Crippen LogP contribution is -2.26. The molecule has 0 amide bonds. The van der Waals surface area contributed by atoms with Gasteiger partial charge in [0.2, 0.25) is 0 Å². The number of aryl methyl sites for hydroxylation is 1. The van der Waals surface area contributed by atoms with Gasteiger partial charge < -0.3 is 5.32 Å². The molecule has 0 aromatic carbocycles. The van der Waals surface area contributed by atoms with Crippen LogP contribution < -0.4 is 5.32 Å². The maximum absolute atomic E-state index is 11.2. The molecule has 2 rings (SSSR count). The summed E-state index contributed by atoms with van der Waals surface area (Å²) in [6.45, 7) is 2.99. The van der Waals surface area contributed by atoms with Crippen LogP contribution in [0.3, 0.4) is 0 Å². The number of nitrogens with one attached hydrogen (secondary N) is 1. The molecule has 1 atom stereocenters. The van der Waals surface area contributed by atoms with E-state index in [4.69, 9.17) is 0 Å². The van der Waals surface area contributed by atoms with Crippen molar-refractivity contribution in [1.82, 2.24) is 15.3 Å². The zero-order valence-corrected chi connectivity index (χ0v) is 11.6. The highest BCUT2D eigenvalue weighted by molar-refractivity contribution is 7.89. The number of aromatic nitrogens is 2. The van der Waals surface area contributed by atoms with Crippen molar-refractivity contribution in [2.45, 2.75) is 38.0 Å². The van der Waals surface area contributed by atoms with Gasteiger partial charge in [0.15, 0.2) is 9.84 Å². The summed E-state index contributed by atoms with van der Waals surface area (Å²) in [4.78, 5) is 8.58. The molecule has 1 heterocycles. The molecule has 0 aliphatic heterocycles. The van der Waals surface area contributed by atoms with Crippen LogP contribution in [-0.2, 0) is 22.0 Å². The highest BCUT2D eigenvalue weighted by Crippen LogP contribution is 2.27. The van der Waals surface area contributed by atoms with Crippen molar-refractivity contribution in [2.75, 3.05) is 12.8 Å². The Morgan fingerprint density at radius 3 is 2.94 bits per heavy atom. The molecule has 1 unspecified atom stereocenters. The summed E-state index contributed by atoms with van der Waals surface area (Å²) in [6.07, 6.45) is 6.08. The third-order valence-corrected chi connectivity index (χ3v) is 3.86. The standard InChI is InChI=1S/C12H19N3O2S/c1-3-13-10-5-4-6-11-9(10)7-14-12(15-11)8-18(2,16)17/h7,10,13H,3-6,8H2,1-2H3. The Morgan fingerprint density at radius 1 is 1.50 bits per heavy atom. The van der Waals surface area contributed by atoms with Crippen molar-refractivity contribution >= 4 is 9.84 Å². The fraction of sp³-hybridized carbons (Fsp3) is 0.667. The van der Waals surface area contributed by atoms with Gasteiger partial charge in [0.25, 0.3) is 0 Å². The zero-order valence-electron chi connectivity index (χ0n) is 10.8. The first kappa shape index (κ1) is 13.4. The van der Waals surface area contributed by atoms with E-state index in [0.717, 1.165) is 37.1 Å². The summed E-state index contributed by atoms with van der Waals surface area (Å²) in [5.41, 5.74) is 2.13. The van der Waals surface area contributed by atoms with E-state index in [-0.39, 0.29) is 5.75 Å². The Balaban J connectivity index is 2.26. The minimum absolute atomic E-state index is 0.0772. The van der Waals surface area contributed by atoms with Gasteiger partial charge in [-0.05, 0) is 25.8 Å². The fourth-order valence-corrected chi connectivity index (χ4v) is 2.96. The molecule has 0 radical (unpaired) electrons. The first-order chi connectivity index (χ1) is 8.49. The van der Waals surface area contributed by atoms with Crippen molar-refractivity contribution < 1.29 is 8.42 Å². The normalized spacial score (nSPS) is 19.6. The smallest absolute Gasteiger partial charge is 0.154 e. The quantitative estimate of drug-likeness (QED) is 0.883. The predicted octanol–water partition coefficient (Wildman–Crippen LogP) is 1.01. The van der Waals surface area contributed by atoms with E-state index in [1.807, 2.05) is 0 Å². The molecule has 1 N–H and O–H groups in total. The molecule has 1 aromatic heterocycles. The third-order valence-electron chi connectivity index (χ3n) is 3.07. The first-order valence-corrected chi connectivity index (χ1v) is 8.31. The lowest BCUT2D eigenvalue weighted by atomic mass is 9.92. The molecule has 0 fully saturated rings. The molecule has 6 heteroatoms. The van der Waals surface area contributed by atoms with Crippen LogP contribution in [0.2, 0.25) is 0 Å². The van der Waals surface area contributed by atoms with Gasteiger partial charge in [0.1, 0.15) is 11.6 Å². The summed E-state index contributed by atoms with van der Waals surface area (Å²) in [7, 11) is -3.07. The number of fused-ring (bicyclic) bond motifs is 1. The number of nitrogens with zero attached hydrogens (tertiary/aromatic N) is 2. The Morgan fingerprint density at radius 2 is 2.28 bits per heavy atom. The van der Waals surface area contributed by atoms with E-state index >= 15 is 0 Å². The van der Waals surface area contributed by atoms with Crippen LogP contribution in [0.15, 0.2) is 6.20 Å². The number of sulfone groups is 1. The Bertz CT molecular complexity index is 528. The van der Waals surface area contributed by atoms with Gasteiger partial charge in [-0.2, -0.15) is 0 Å². The zero-order chi connectivity index (χ0) is 13.2. The summed E-state index contributed by atoms with van der Waals surface area (Å²) in [6, 6.07) is 0.311. The SMILES string of the molecule is CCNC1CCCc2nc(CS(C)(=O)=O)ncc21. The van der Waals surface area contributed by atoms with Crippen LogP contribution >= 0.6 is 0 Å². The van der Waals surface area contributed by atoms with E-state index < -0.39 is 9.84 Å². The molecular weight excluding hydrogens is 250 g/mol. The van der Waals surface area contributed by atoms with Crippen molar-refractivity contribution in [3.8, 4) is 0 Å². The van der Waals surface area contributed by atoms with Crippen molar-refractivity contribution in [2.24, 2.45) is 0 Å². The third kappa shape index (κ3) is 3.26. The molecular formula is C12H19N3O2S. The minimum Gasteiger partial charge on any atom is -0.310 e. The molecule has 18 heavy (non-hydrogen) atoms. The van der Waals surface area contributed by atoms with Crippen molar-refractivity contribution in [3.63, 3.8) is 0 Å². The number of hydrogen-bond donors (Lipinski definition) is 1. The topological polar surface area (TPSA) is 72.0 Å². The lowest BCUT2D eigenvalue weighted by molar-refractivity contribution is 0.463. The molecule has 1 aliphatic rings. The van der Waals surface area contributed by atoms with E-state index in [0.29, 0.717) is 11.9 Å². The molecule has 5 nitrogen and oxygen atoms in total. The van der Waals surface area contributed by atoms with E-state index in [1.165, 1.54) is 6.26 Å². The molecule has 1 aromatic rings. The Hall–Kier alpha value is -1.01. The summed E-state index contributed by atoms with van der Waals surface area (Å²) in [5, 5.41) is 3.41. The molecule has 1 aliphatic carbocycles. The molecule has 0 saturated carbocycles. The Labute approximate surface area is 108 Å². The van der Waals surface area contributed by atoms with Gasteiger partial charge in [0.05, 0.1) is 0 Å². The molecule has 0 spiro atoms. The summed E-state index contributed by atoms with van der Waals surface area (Å²) >= 11 is 0. The van der Waals surface area contributed by atoms with Gasteiger partial charge in [-0.25, -0.2) is 18.4 Å². The second-order valence-electron chi connectivity index (χ2n) is 4.76. The maximum atomic E-state index is 11.2. The van der Waals surface area contributed by atoms with E-state index in [2.05, 4.69) is 22.2 Å². The molecule has 100 valence electrons. The first-order valence-electron chi connectivity index (χ1n) is 6.25. The number of rotatable bonds is 4. The van der Waals surface area contributed by atoms with Gasteiger partial charge in [-0.3, -0.25) is 0 Å². The Kier molecular flexibility index (Phi) is 3.97. The fourth-order valence-electron chi connectivity index (χ4n) is 2.35. The monoisotopic (exact) mass is 269 g/mol. The summed E-state index contributed by atoms with van der Waals surface area (Å²) in [5.74, 6) is 0.333. The highest BCUT2D eigenvalue weighted by atomic mass is 32.2. The average Bonchev–Trinajstić information content (AvgIpc) is 2.27. The van der Waals surface area contributed by atoms with Crippen LogP contribution in [0.25, 0.3) is 0 Å². The van der Waals surface area contributed by atoms with E-state index in [1.54, 1.807) is 6.20 Å². The summed E-state index contributed by atoms with van der Waals surface area (Å²) < 4.78 is 22.5. The average molecular weight is 269 g/mol. The highest BCUT2D eigenvalue weighted by Gasteiger charge is 2.21. The number of hydrogen-bond acceptors (Lipinski definition) is 5. The van der Waals surface area contributed by atoms with Gasteiger partial charge in [0, 0.05) is 29.8 Å². The van der Waals surface area contributed by atoms with Crippen LogP contribution in [-0.4, -0.2) is 31.2 Å².